The molecule has 0 spiro atoms. The van der Waals surface area contributed by atoms with Crippen molar-refractivity contribution in [3.8, 4) is 22.7 Å². The van der Waals surface area contributed by atoms with E-state index in [2.05, 4.69) is 0 Å². The first-order valence-corrected chi connectivity index (χ1v) is 11.4. The van der Waals surface area contributed by atoms with Gasteiger partial charge in [-0.2, -0.15) is 5.10 Å². The summed E-state index contributed by atoms with van der Waals surface area (Å²) in [6.07, 6.45) is 1.82. The molecule has 34 heavy (non-hydrogen) atoms. The molecule has 0 fully saturated rings. The molecule has 0 aliphatic heterocycles. The van der Waals surface area contributed by atoms with Crippen LogP contribution in [0.5, 0.6) is 5.75 Å². The first-order valence-electron chi connectivity index (χ1n) is 11.0. The van der Waals surface area contributed by atoms with Gasteiger partial charge in [-0.1, -0.05) is 84.4 Å². The highest BCUT2D eigenvalue weighted by Gasteiger charge is 2.11. The average Bonchev–Trinajstić information content (AvgIpc) is 3.33. The molecule has 4 aromatic carbocycles. The molecule has 1 heterocycles. The zero-order valence-electron chi connectivity index (χ0n) is 18.4. The lowest BCUT2D eigenvalue weighted by molar-refractivity contribution is 0.306. The molecule has 0 unspecified atom stereocenters. The van der Waals surface area contributed by atoms with Crippen molar-refractivity contribution in [2.45, 2.75) is 6.61 Å². The number of hydrogen-bond acceptors (Lipinski definition) is 3. The second-order valence-electron chi connectivity index (χ2n) is 7.71. The Morgan fingerprint density at radius 1 is 0.794 bits per heavy atom. The van der Waals surface area contributed by atoms with Gasteiger partial charge in [0.1, 0.15) is 12.4 Å². The number of aliphatic imine (C=N–C) groups is 1. The van der Waals surface area contributed by atoms with E-state index in [1.807, 2.05) is 126 Å². The highest BCUT2D eigenvalue weighted by atomic mass is 35.5. The van der Waals surface area contributed by atoms with Crippen LogP contribution in [-0.2, 0) is 6.61 Å². The monoisotopic (exact) mass is 463 g/mol. The average molecular weight is 464 g/mol. The lowest BCUT2D eigenvalue weighted by Crippen LogP contribution is -1.99. The third-order valence-electron chi connectivity index (χ3n) is 5.32. The summed E-state index contributed by atoms with van der Waals surface area (Å²) in [5.41, 5.74) is 4.79. The van der Waals surface area contributed by atoms with Gasteiger partial charge in [0.2, 0.25) is 0 Å². The van der Waals surface area contributed by atoms with E-state index in [0.29, 0.717) is 11.6 Å². The summed E-state index contributed by atoms with van der Waals surface area (Å²) in [6, 6.07) is 37.6. The number of ether oxygens (including phenoxy) is 1. The van der Waals surface area contributed by atoms with Crippen LogP contribution in [0.2, 0.25) is 5.02 Å². The van der Waals surface area contributed by atoms with Crippen molar-refractivity contribution in [1.82, 2.24) is 9.78 Å². The van der Waals surface area contributed by atoms with Gasteiger partial charge in [-0.15, -0.1) is 0 Å². The maximum atomic E-state index is 6.08. The SMILES string of the molecule is Clc1ccc(COc2ccccc2C=Nc2cc(-c3ccccc3)nn2-c2ccccc2)cc1. The van der Waals surface area contributed by atoms with Gasteiger partial charge in [0.25, 0.3) is 0 Å². The molecule has 0 N–H and O–H groups in total. The fourth-order valence-corrected chi connectivity index (χ4v) is 3.69. The van der Waals surface area contributed by atoms with Crippen LogP contribution in [0.15, 0.2) is 120 Å². The van der Waals surface area contributed by atoms with Gasteiger partial charge in [0.15, 0.2) is 5.82 Å². The van der Waals surface area contributed by atoms with Gasteiger partial charge in [-0.05, 0) is 42.0 Å². The van der Waals surface area contributed by atoms with Gasteiger partial charge in [-0.25, -0.2) is 9.67 Å². The summed E-state index contributed by atoms with van der Waals surface area (Å²) in [5, 5.41) is 5.54. The van der Waals surface area contributed by atoms with Gasteiger partial charge in [0.05, 0.1) is 11.4 Å². The standard InChI is InChI=1S/C29H22ClN3O/c30-25-17-15-22(16-18-25)21-34-28-14-8-7-11-24(28)20-31-29-19-27(23-9-3-1-4-10-23)32-33(29)26-12-5-2-6-13-26/h1-20H,21H2. The van der Waals surface area contributed by atoms with Crippen molar-refractivity contribution in [1.29, 1.82) is 0 Å². The van der Waals surface area contributed by atoms with Gasteiger partial charge in [0, 0.05) is 28.4 Å². The van der Waals surface area contributed by atoms with Gasteiger partial charge < -0.3 is 4.74 Å². The van der Waals surface area contributed by atoms with Crippen LogP contribution < -0.4 is 4.74 Å². The quantitative estimate of drug-likeness (QED) is 0.234. The molecule has 4 nitrogen and oxygen atoms in total. The third-order valence-corrected chi connectivity index (χ3v) is 5.58. The summed E-state index contributed by atoms with van der Waals surface area (Å²) in [4.78, 5) is 4.80. The number of nitrogens with zero attached hydrogens (tertiary/aromatic N) is 3. The van der Waals surface area contributed by atoms with Crippen LogP contribution in [0.4, 0.5) is 5.82 Å². The smallest absolute Gasteiger partial charge is 0.156 e. The molecule has 0 bridgehead atoms. The summed E-state index contributed by atoms with van der Waals surface area (Å²) < 4.78 is 7.94. The number of halogens is 1. The second-order valence-corrected chi connectivity index (χ2v) is 8.15. The van der Waals surface area contributed by atoms with Crippen LogP contribution in [0.1, 0.15) is 11.1 Å². The van der Waals surface area contributed by atoms with Crippen LogP contribution in [-0.4, -0.2) is 16.0 Å². The molecule has 0 aliphatic carbocycles. The minimum atomic E-state index is 0.447. The number of para-hydroxylation sites is 2. The minimum absolute atomic E-state index is 0.447. The van der Waals surface area contributed by atoms with E-state index in [4.69, 9.17) is 26.4 Å². The first kappa shape index (κ1) is 21.7. The topological polar surface area (TPSA) is 39.4 Å². The number of aromatic nitrogens is 2. The molecule has 0 amide bonds. The van der Waals surface area contributed by atoms with Crippen LogP contribution in [0, 0.1) is 0 Å². The van der Waals surface area contributed by atoms with Gasteiger partial charge in [-0.3, -0.25) is 0 Å². The third kappa shape index (κ3) is 5.08. The number of hydrogen-bond donors (Lipinski definition) is 0. The number of rotatable bonds is 7. The highest BCUT2D eigenvalue weighted by molar-refractivity contribution is 6.30. The summed E-state index contributed by atoms with van der Waals surface area (Å²) in [5.74, 6) is 1.49. The molecular weight excluding hydrogens is 442 g/mol. The zero-order chi connectivity index (χ0) is 23.2. The van der Waals surface area contributed by atoms with Crippen molar-refractivity contribution in [3.05, 3.63) is 131 Å². The van der Waals surface area contributed by atoms with E-state index in [-0.39, 0.29) is 0 Å². The number of benzene rings is 4. The predicted molar refractivity (Wildman–Crippen MR) is 138 cm³/mol. The highest BCUT2D eigenvalue weighted by Crippen LogP contribution is 2.27. The lowest BCUT2D eigenvalue weighted by atomic mass is 10.1. The fraction of sp³-hybridized carbons (Fsp3) is 0.0345. The minimum Gasteiger partial charge on any atom is -0.488 e. The molecule has 5 aromatic rings. The van der Waals surface area contributed by atoms with Crippen LogP contribution in [0.3, 0.4) is 0 Å². The second kappa shape index (κ2) is 10.2. The van der Waals surface area contributed by atoms with Crippen molar-refractivity contribution in [3.63, 3.8) is 0 Å². The Kier molecular flexibility index (Phi) is 6.50. The Morgan fingerprint density at radius 3 is 2.24 bits per heavy atom. The van der Waals surface area contributed by atoms with E-state index in [0.717, 1.165) is 39.6 Å². The molecule has 0 atom stereocenters. The summed E-state index contributed by atoms with van der Waals surface area (Å²) in [7, 11) is 0. The molecular formula is C29H22ClN3O. The predicted octanol–water partition coefficient (Wildman–Crippen LogP) is 7.52. The van der Waals surface area contributed by atoms with Gasteiger partial charge >= 0.3 is 0 Å². The Labute approximate surface area is 203 Å². The van der Waals surface area contributed by atoms with E-state index in [9.17, 15) is 0 Å². The molecule has 1 aromatic heterocycles. The Bertz CT molecular complexity index is 1390. The van der Waals surface area contributed by atoms with E-state index < -0.39 is 0 Å². The van der Waals surface area contributed by atoms with Crippen LogP contribution in [0.25, 0.3) is 16.9 Å². The van der Waals surface area contributed by atoms with Crippen molar-refractivity contribution < 1.29 is 4.74 Å². The largest absolute Gasteiger partial charge is 0.488 e. The van der Waals surface area contributed by atoms with Crippen molar-refractivity contribution in [2.24, 2.45) is 4.99 Å². The van der Waals surface area contributed by atoms with Crippen molar-refractivity contribution in [2.75, 3.05) is 0 Å². The molecule has 0 aliphatic rings. The van der Waals surface area contributed by atoms with E-state index >= 15 is 0 Å². The Morgan fingerprint density at radius 2 is 1.47 bits per heavy atom. The Balaban J connectivity index is 1.45. The van der Waals surface area contributed by atoms with E-state index in [1.165, 1.54) is 0 Å². The normalized spacial score (nSPS) is 11.1. The Hall–Kier alpha value is -4.15. The van der Waals surface area contributed by atoms with Crippen molar-refractivity contribution >= 4 is 23.6 Å². The lowest BCUT2D eigenvalue weighted by Gasteiger charge is -2.09. The molecule has 0 saturated heterocycles. The van der Waals surface area contributed by atoms with Crippen LogP contribution >= 0.6 is 11.6 Å². The molecule has 0 radical (unpaired) electrons. The zero-order valence-corrected chi connectivity index (χ0v) is 19.1. The maximum absolute atomic E-state index is 6.08. The molecule has 5 heteroatoms. The summed E-state index contributed by atoms with van der Waals surface area (Å²) in [6.45, 7) is 0.447. The molecule has 5 rings (SSSR count). The van der Waals surface area contributed by atoms with E-state index in [1.54, 1.807) is 0 Å². The first-order chi connectivity index (χ1) is 16.8. The summed E-state index contributed by atoms with van der Waals surface area (Å²) >= 11 is 5.99. The molecule has 0 saturated carbocycles. The maximum Gasteiger partial charge on any atom is 0.156 e. The molecule has 166 valence electrons. The fourth-order valence-electron chi connectivity index (χ4n) is 3.57.